The molecule has 1 aromatic carbocycles. The van der Waals surface area contributed by atoms with Crippen molar-refractivity contribution in [1.82, 2.24) is 9.55 Å². The number of ether oxygens (including phenoxy) is 1. The largest absolute Gasteiger partial charge is 0.453 e. The fraction of sp³-hybridized carbons (Fsp3) is 0.263. The first-order chi connectivity index (χ1) is 13.4. The highest BCUT2D eigenvalue weighted by Gasteiger charge is 2.24. The van der Waals surface area contributed by atoms with Crippen molar-refractivity contribution in [2.45, 2.75) is 26.3 Å². The SMILES string of the molecule is Cc1c(C(=O)OCC(=O)c2ccc(Cl)cc2Cl)sc2nc3n(c(=O)c12)CCC3. The van der Waals surface area contributed by atoms with Gasteiger partial charge in [-0.1, -0.05) is 23.2 Å². The van der Waals surface area contributed by atoms with E-state index in [9.17, 15) is 14.4 Å². The lowest BCUT2D eigenvalue weighted by Gasteiger charge is -2.05. The van der Waals surface area contributed by atoms with Crippen molar-refractivity contribution >= 4 is 56.5 Å². The van der Waals surface area contributed by atoms with Gasteiger partial charge in [0.25, 0.3) is 5.56 Å². The molecule has 0 spiro atoms. The molecule has 2 aromatic heterocycles. The summed E-state index contributed by atoms with van der Waals surface area (Å²) in [6.07, 6.45) is 1.64. The van der Waals surface area contributed by atoms with Crippen LogP contribution in [-0.2, 0) is 17.7 Å². The molecule has 28 heavy (non-hydrogen) atoms. The second-order valence-electron chi connectivity index (χ2n) is 6.45. The van der Waals surface area contributed by atoms with E-state index in [-0.39, 0.29) is 21.0 Å². The number of fused-ring (bicyclic) bond motifs is 2. The van der Waals surface area contributed by atoms with Gasteiger partial charge in [0.05, 0.1) is 10.4 Å². The molecule has 0 bridgehead atoms. The minimum Gasteiger partial charge on any atom is -0.453 e. The fourth-order valence-corrected chi connectivity index (χ4v) is 4.86. The van der Waals surface area contributed by atoms with E-state index >= 15 is 0 Å². The van der Waals surface area contributed by atoms with Gasteiger partial charge in [0.2, 0.25) is 5.78 Å². The summed E-state index contributed by atoms with van der Waals surface area (Å²) in [7, 11) is 0. The van der Waals surface area contributed by atoms with Crippen molar-refractivity contribution in [3.05, 3.63) is 60.4 Å². The van der Waals surface area contributed by atoms with Crippen molar-refractivity contribution in [2.24, 2.45) is 0 Å². The highest BCUT2D eigenvalue weighted by molar-refractivity contribution is 7.20. The third-order valence-corrected chi connectivity index (χ3v) is 6.38. The van der Waals surface area contributed by atoms with Gasteiger partial charge in [0.1, 0.15) is 15.5 Å². The van der Waals surface area contributed by atoms with E-state index in [1.54, 1.807) is 11.5 Å². The molecule has 3 aromatic rings. The summed E-state index contributed by atoms with van der Waals surface area (Å²) in [5.41, 5.74) is 0.624. The predicted molar refractivity (Wildman–Crippen MR) is 108 cm³/mol. The zero-order valence-electron chi connectivity index (χ0n) is 14.8. The quantitative estimate of drug-likeness (QED) is 0.455. The topological polar surface area (TPSA) is 78.3 Å². The predicted octanol–water partition coefficient (Wildman–Crippen LogP) is 4.06. The Bertz CT molecular complexity index is 1200. The minimum absolute atomic E-state index is 0.130. The summed E-state index contributed by atoms with van der Waals surface area (Å²) in [5.74, 6) is -0.360. The minimum atomic E-state index is -0.663. The van der Waals surface area contributed by atoms with Gasteiger partial charge in [-0.25, -0.2) is 9.78 Å². The molecule has 0 N–H and O–H groups in total. The van der Waals surface area contributed by atoms with Crippen molar-refractivity contribution in [3.8, 4) is 0 Å². The lowest BCUT2D eigenvalue weighted by Crippen LogP contribution is -2.20. The molecule has 1 aliphatic rings. The van der Waals surface area contributed by atoms with Crippen LogP contribution in [0, 0.1) is 6.92 Å². The molecule has 0 atom stereocenters. The van der Waals surface area contributed by atoms with Crippen LogP contribution in [0.15, 0.2) is 23.0 Å². The Morgan fingerprint density at radius 1 is 1.32 bits per heavy atom. The number of halogens is 2. The average molecular weight is 437 g/mol. The normalized spacial score (nSPS) is 13.0. The first-order valence-electron chi connectivity index (χ1n) is 8.55. The molecule has 0 saturated carbocycles. The van der Waals surface area contributed by atoms with Gasteiger partial charge in [0, 0.05) is 23.6 Å². The number of Topliss-reactive ketones (excluding diaryl/α,β-unsaturated/α-hetero) is 1. The summed E-state index contributed by atoms with van der Waals surface area (Å²) in [5, 5.41) is 1.04. The Kier molecular flexibility index (Phi) is 4.99. The summed E-state index contributed by atoms with van der Waals surface area (Å²) < 4.78 is 6.83. The van der Waals surface area contributed by atoms with E-state index in [4.69, 9.17) is 27.9 Å². The fourth-order valence-electron chi connectivity index (χ4n) is 3.26. The molecular formula is C19H14Cl2N2O4S. The van der Waals surface area contributed by atoms with Crippen LogP contribution >= 0.6 is 34.5 Å². The number of hydrogen-bond acceptors (Lipinski definition) is 6. The summed E-state index contributed by atoms with van der Waals surface area (Å²) in [6, 6.07) is 4.47. The van der Waals surface area contributed by atoms with Crippen LogP contribution in [0.4, 0.5) is 0 Å². The maximum atomic E-state index is 12.7. The molecule has 0 fully saturated rings. The van der Waals surface area contributed by atoms with Crippen LogP contribution < -0.4 is 5.56 Å². The van der Waals surface area contributed by atoms with Crippen LogP contribution in [0.3, 0.4) is 0 Å². The Morgan fingerprint density at radius 3 is 2.86 bits per heavy atom. The molecule has 0 saturated heterocycles. The van der Waals surface area contributed by atoms with Gasteiger partial charge >= 0.3 is 5.97 Å². The van der Waals surface area contributed by atoms with Crippen LogP contribution in [0.25, 0.3) is 10.2 Å². The molecule has 1 aliphatic heterocycles. The molecule has 3 heterocycles. The van der Waals surface area contributed by atoms with Gasteiger partial charge in [-0.05, 0) is 37.1 Å². The van der Waals surface area contributed by atoms with Gasteiger partial charge in [-0.15, -0.1) is 11.3 Å². The zero-order chi connectivity index (χ0) is 20.0. The Balaban J connectivity index is 1.58. The highest BCUT2D eigenvalue weighted by Crippen LogP contribution is 2.29. The van der Waals surface area contributed by atoms with E-state index in [2.05, 4.69) is 4.98 Å². The number of benzene rings is 1. The maximum Gasteiger partial charge on any atom is 0.349 e. The summed E-state index contributed by atoms with van der Waals surface area (Å²) >= 11 is 12.9. The Labute approximate surface area is 173 Å². The van der Waals surface area contributed by atoms with Gasteiger partial charge in [-0.2, -0.15) is 0 Å². The third kappa shape index (κ3) is 3.23. The Morgan fingerprint density at radius 2 is 2.11 bits per heavy atom. The van der Waals surface area contributed by atoms with Gasteiger partial charge in [-0.3, -0.25) is 14.2 Å². The van der Waals surface area contributed by atoms with Crippen molar-refractivity contribution in [2.75, 3.05) is 6.61 Å². The maximum absolute atomic E-state index is 12.7. The number of aromatic nitrogens is 2. The monoisotopic (exact) mass is 436 g/mol. The van der Waals surface area contributed by atoms with Crippen LogP contribution in [-0.4, -0.2) is 27.9 Å². The van der Waals surface area contributed by atoms with E-state index in [0.29, 0.717) is 27.3 Å². The highest BCUT2D eigenvalue weighted by atomic mass is 35.5. The lowest BCUT2D eigenvalue weighted by atomic mass is 10.1. The lowest BCUT2D eigenvalue weighted by molar-refractivity contribution is 0.0479. The van der Waals surface area contributed by atoms with Gasteiger partial charge < -0.3 is 4.74 Å². The summed E-state index contributed by atoms with van der Waals surface area (Å²) in [6.45, 7) is 1.87. The molecule has 4 rings (SSSR count). The van der Waals surface area contributed by atoms with E-state index in [0.717, 1.165) is 30.0 Å². The number of carbonyl (C=O) groups is 2. The van der Waals surface area contributed by atoms with Crippen molar-refractivity contribution in [1.29, 1.82) is 0 Å². The number of hydrogen-bond donors (Lipinski definition) is 0. The molecule has 9 heteroatoms. The van der Waals surface area contributed by atoms with Crippen molar-refractivity contribution < 1.29 is 14.3 Å². The standard InChI is InChI=1S/C19H14Cl2N2O4S/c1-9-15-17(22-14-3-2-6-23(14)18(15)25)28-16(9)19(26)27-8-13(24)11-5-4-10(20)7-12(11)21/h4-5,7H,2-3,6,8H2,1H3. The van der Waals surface area contributed by atoms with Crippen LogP contribution in [0.5, 0.6) is 0 Å². The number of thiophene rings is 1. The molecule has 0 amide bonds. The molecule has 0 radical (unpaired) electrons. The number of esters is 1. The summed E-state index contributed by atoms with van der Waals surface area (Å²) in [4.78, 5) is 42.8. The number of carbonyl (C=O) groups excluding carboxylic acids is 2. The zero-order valence-corrected chi connectivity index (χ0v) is 17.1. The first-order valence-corrected chi connectivity index (χ1v) is 10.1. The van der Waals surface area contributed by atoms with Crippen LogP contribution in [0.1, 0.15) is 37.8 Å². The molecule has 6 nitrogen and oxygen atoms in total. The number of rotatable bonds is 4. The van der Waals surface area contributed by atoms with Crippen molar-refractivity contribution in [3.63, 3.8) is 0 Å². The van der Waals surface area contributed by atoms with Gasteiger partial charge in [0.15, 0.2) is 6.61 Å². The number of aryl methyl sites for hydroxylation is 2. The van der Waals surface area contributed by atoms with E-state index in [1.807, 2.05) is 0 Å². The number of nitrogens with zero attached hydrogens (tertiary/aromatic N) is 2. The Hall–Kier alpha value is -2.22. The molecule has 0 unspecified atom stereocenters. The third-order valence-electron chi connectivity index (χ3n) is 4.66. The molecular weight excluding hydrogens is 423 g/mol. The smallest absolute Gasteiger partial charge is 0.349 e. The molecule has 144 valence electrons. The molecule has 0 aliphatic carbocycles. The van der Waals surface area contributed by atoms with E-state index < -0.39 is 18.4 Å². The van der Waals surface area contributed by atoms with Crippen LogP contribution in [0.2, 0.25) is 10.0 Å². The van der Waals surface area contributed by atoms with E-state index in [1.165, 1.54) is 18.2 Å². The second kappa shape index (κ2) is 7.31. The first kappa shape index (κ1) is 19.1. The second-order valence-corrected chi connectivity index (χ2v) is 8.29. The average Bonchev–Trinajstić information content (AvgIpc) is 3.24. The number of ketones is 1.